The maximum absolute atomic E-state index is 10.9. The number of hydrogen-bond donors (Lipinski definition) is 1. The number of ketones is 1. The van der Waals surface area contributed by atoms with Crippen molar-refractivity contribution in [2.45, 2.75) is 0 Å². The lowest BCUT2D eigenvalue weighted by Gasteiger charge is -2.07. The molecule has 17 heavy (non-hydrogen) atoms. The summed E-state index contributed by atoms with van der Waals surface area (Å²) < 4.78 is 10.1. The van der Waals surface area contributed by atoms with Crippen LogP contribution in [0.2, 0.25) is 0 Å². The molecule has 5 nitrogen and oxygen atoms in total. The Morgan fingerprint density at radius 3 is 2.35 bits per heavy atom. The Kier molecular flexibility index (Phi) is 4.28. The van der Waals surface area contributed by atoms with E-state index in [1.54, 1.807) is 18.2 Å². The number of methoxy groups -OCH3 is 2. The monoisotopic (exact) mass is 236 g/mol. The molecule has 0 atom stereocenters. The predicted molar refractivity (Wildman–Crippen MR) is 61.2 cm³/mol. The molecular weight excluding hydrogens is 224 g/mol. The Hall–Kier alpha value is -2.30. The minimum Gasteiger partial charge on any atom is -0.493 e. The van der Waals surface area contributed by atoms with Crippen molar-refractivity contribution in [2.24, 2.45) is 0 Å². The lowest BCUT2D eigenvalue weighted by atomic mass is 10.1. The summed E-state index contributed by atoms with van der Waals surface area (Å²) >= 11 is 0. The summed E-state index contributed by atoms with van der Waals surface area (Å²) in [5.74, 6) is -1.38. The Morgan fingerprint density at radius 2 is 1.82 bits per heavy atom. The highest BCUT2D eigenvalue weighted by Gasteiger charge is 2.06. The van der Waals surface area contributed by atoms with Crippen LogP contribution >= 0.6 is 0 Å². The minimum atomic E-state index is -1.48. The molecule has 0 radical (unpaired) electrons. The molecule has 0 aliphatic carbocycles. The first-order valence-electron chi connectivity index (χ1n) is 4.76. The number of carbonyl (C=O) groups excluding carboxylic acids is 1. The van der Waals surface area contributed by atoms with Crippen molar-refractivity contribution >= 4 is 17.8 Å². The van der Waals surface area contributed by atoms with Crippen LogP contribution in [0.1, 0.15) is 5.56 Å². The van der Waals surface area contributed by atoms with Crippen LogP contribution in [0.3, 0.4) is 0 Å². The molecule has 0 aliphatic rings. The predicted octanol–water partition coefficient (Wildman–Crippen LogP) is 1.37. The van der Waals surface area contributed by atoms with Gasteiger partial charge in [0, 0.05) is 0 Å². The highest BCUT2D eigenvalue weighted by atomic mass is 16.5. The molecule has 0 spiro atoms. The van der Waals surface area contributed by atoms with E-state index >= 15 is 0 Å². The van der Waals surface area contributed by atoms with Crippen LogP contribution in [0.5, 0.6) is 11.5 Å². The van der Waals surface area contributed by atoms with E-state index < -0.39 is 11.8 Å². The van der Waals surface area contributed by atoms with E-state index in [1.165, 1.54) is 20.3 Å². The summed E-state index contributed by atoms with van der Waals surface area (Å²) in [6, 6.07) is 5.00. The average Bonchev–Trinajstić information content (AvgIpc) is 2.35. The molecule has 0 bridgehead atoms. The molecule has 0 saturated carbocycles. The van der Waals surface area contributed by atoms with Crippen molar-refractivity contribution in [1.29, 1.82) is 0 Å². The van der Waals surface area contributed by atoms with E-state index in [4.69, 9.17) is 14.6 Å². The molecule has 1 rings (SSSR count). The van der Waals surface area contributed by atoms with E-state index in [0.717, 1.165) is 6.08 Å². The second-order valence-corrected chi connectivity index (χ2v) is 3.12. The van der Waals surface area contributed by atoms with Crippen LogP contribution in [-0.2, 0) is 9.59 Å². The molecule has 0 saturated heterocycles. The number of rotatable bonds is 5. The van der Waals surface area contributed by atoms with E-state index in [9.17, 15) is 9.59 Å². The van der Waals surface area contributed by atoms with Gasteiger partial charge in [-0.3, -0.25) is 4.79 Å². The number of benzene rings is 1. The van der Waals surface area contributed by atoms with Gasteiger partial charge in [0.05, 0.1) is 14.2 Å². The lowest BCUT2D eigenvalue weighted by Crippen LogP contribution is -2.08. The van der Waals surface area contributed by atoms with Gasteiger partial charge < -0.3 is 14.6 Å². The first-order valence-corrected chi connectivity index (χ1v) is 4.76. The largest absolute Gasteiger partial charge is 0.493 e. The van der Waals surface area contributed by atoms with Gasteiger partial charge in [-0.1, -0.05) is 12.1 Å². The van der Waals surface area contributed by atoms with Crippen LogP contribution in [0, 0.1) is 0 Å². The molecule has 0 aromatic heterocycles. The zero-order chi connectivity index (χ0) is 12.8. The normalized spacial score (nSPS) is 10.2. The topological polar surface area (TPSA) is 72.8 Å². The SMILES string of the molecule is COc1ccc(/C=C/C(=O)C(=O)O)cc1OC. The summed E-state index contributed by atoms with van der Waals surface area (Å²) in [5, 5.41) is 8.40. The van der Waals surface area contributed by atoms with Gasteiger partial charge in [0.2, 0.25) is 0 Å². The fourth-order valence-electron chi connectivity index (χ4n) is 1.20. The molecule has 0 aliphatic heterocycles. The second kappa shape index (κ2) is 5.69. The fourth-order valence-corrected chi connectivity index (χ4v) is 1.20. The van der Waals surface area contributed by atoms with Crippen molar-refractivity contribution in [1.82, 2.24) is 0 Å². The molecule has 1 aromatic rings. The van der Waals surface area contributed by atoms with Crippen molar-refractivity contribution in [3.8, 4) is 11.5 Å². The van der Waals surface area contributed by atoms with Gasteiger partial charge in [0.25, 0.3) is 5.78 Å². The van der Waals surface area contributed by atoms with Gasteiger partial charge >= 0.3 is 5.97 Å². The van der Waals surface area contributed by atoms with Crippen molar-refractivity contribution in [3.63, 3.8) is 0 Å². The highest BCUT2D eigenvalue weighted by Crippen LogP contribution is 2.27. The third-order valence-corrected chi connectivity index (χ3v) is 2.05. The molecule has 0 amide bonds. The summed E-state index contributed by atoms with van der Waals surface area (Å²) in [7, 11) is 3.01. The smallest absolute Gasteiger partial charge is 0.376 e. The van der Waals surface area contributed by atoms with Crippen LogP contribution < -0.4 is 9.47 Å². The third-order valence-electron chi connectivity index (χ3n) is 2.05. The molecule has 90 valence electrons. The summed E-state index contributed by atoms with van der Waals surface area (Å²) in [6.07, 6.45) is 2.39. The molecule has 0 fully saturated rings. The maximum atomic E-state index is 10.9. The van der Waals surface area contributed by atoms with Crippen molar-refractivity contribution in [3.05, 3.63) is 29.8 Å². The van der Waals surface area contributed by atoms with Crippen LogP contribution in [0.25, 0.3) is 6.08 Å². The number of hydrogen-bond acceptors (Lipinski definition) is 4. The number of carboxylic acid groups (broad SMARTS) is 1. The molecule has 5 heteroatoms. The second-order valence-electron chi connectivity index (χ2n) is 3.12. The molecule has 1 N–H and O–H groups in total. The Morgan fingerprint density at radius 1 is 1.18 bits per heavy atom. The molecular formula is C12H12O5. The first kappa shape index (κ1) is 12.8. The Labute approximate surface area is 98.3 Å². The first-order chi connectivity index (χ1) is 8.08. The van der Waals surface area contributed by atoms with E-state index in [2.05, 4.69) is 0 Å². The molecule has 0 heterocycles. The summed E-state index contributed by atoms with van der Waals surface area (Å²) in [4.78, 5) is 21.2. The van der Waals surface area contributed by atoms with Crippen molar-refractivity contribution < 1.29 is 24.2 Å². The summed E-state index contributed by atoms with van der Waals surface area (Å²) in [5.41, 5.74) is 0.650. The van der Waals surface area contributed by atoms with Gasteiger partial charge in [-0.15, -0.1) is 0 Å². The van der Waals surface area contributed by atoms with Crippen LogP contribution in [-0.4, -0.2) is 31.1 Å². The average molecular weight is 236 g/mol. The molecule has 1 aromatic carbocycles. The van der Waals surface area contributed by atoms with Gasteiger partial charge in [-0.25, -0.2) is 4.79 Å². The van der Waals surface area contributed by atoms with Gasteiger partial charge in [0.1, 0.15) is 0 Å². The number of carbonyl (C=O) groups is 2. The Balaban J connectivity index is 2.93. The lowest BCUT2D eigenvalue weighted by molar-refractivity contribution is -0.146. The quantitative estimate of drug-likeness (QED) is 0.617. The van der Waals surface area contributed by atoms with E-state index in [1.807, 2.05) is 0 Å². The summed E-state index contributed by atoms with van der Waals surface area (Å²) in [6.45, 7) is 0. The number of carboxylic acids is 1. The zero-order valence-electron chi connectivity index (χ0n) is 9.47. The third kappa shape index (κ3) is 3.34. The van der Waals surface area contributed by atoms with Crippen LogP contribution in [0.15, 0.2) is 24.3 Å². The number of aliphatic carboxylic acids is 1. The van der Waals surface area contributed by atoms with Gasteiger partial charge in [0.15, 0.2) is 11.5 Å². The molecule has 0 unspecified atom stereocenters. The minimum absolute atomic E-state index is 0.512. The van der Waals surface area contributed by atoms with E-state index in [-0.39, 0.29) is 0 Å². The fraction of sp³-hybridized carbons (Fsp3) is 0.167. The van der Waals surface area contributed by atoms with Crippen molar-refractivity contribution in [2.75, 3.05) is 14.2 Å². The van der Waals surface area contributed by atoms with E-state index in [0.29, 0.717) is 17.1 Å². The van der Waals surface area contributed by atoms with Gasteiger partial charge in [-0.2, -0.15) is 0 Å². The number of ether oxygens (including phenoxy) is 2. The standard InChI is InChI=1S/C12H12O5/c1-16-10-6-4-8(7-11(10)17-2)3-5-9(13)12(14)15/h3-7H,1-2H3,(H,14,15)/b5-3+. The maximum Gasteiger partial charge on any atom is 0.376 e. The van der Waals surface area contributed by atoms with Gasteiger partial charge in [-0.05, 0) is 23.8 Å². The highest BCUT2D eigenvalue weighted by molar-refractivity contribution is 6.38. The van der Waals surface area contributed by atoms with Crippen LogP contribution in [0.4, 0.5) is 0 Å². The Bertz CT molecular complexity index is 462. The zero-order valence-corrected chi connectivity index (χ0v) is 9.47.